The maximum absolute atomic E-state index is 11.0. The van der Waals surface area contributed by atoms with Crippen LogP contribution < -0.4 is 0 Å². The number of ether oxygens (including phenoxy) is 1. The summed E-state index contributed by atoms with van der Waals surface area (Å²) in [6, 6.07) is -0.734. The van der Waals surface area contributed by atoms with Crippen molar-refractivity contribution >= 4 is 23.8 Å². The molecule has 0 aromatic rings. The number of carbonyl (C=O) groups excluding carboxylic acids is 1. The van der Waals surface area contributed by atoms with Crippen molar-refractivity contribution in [3.05, 3.63) is 0 Å². The van der Waals surface area contributed by atoms with Gasteiger partial charge in [-0.1, -0.05) is 0 Å². The van der Waals surface area contributed by atoms with E-state index in [-0.39, 0.29) is 0 Å². The predicted octanol–water partition coefficient (Wildman–Crippen LogP) is 0.212. The second-order valence-corrected chi connectivity index (χ2v) is 3.29. The van der Waals surface area contributed by atoms with Gasteiger partial charge in [0.25, 0.3) is 0 Å². The molecule has 1 fully saturated rings. The lowest BCUT2D eigenvalue weighted by Gasteiger charge is -2.17. The second-order valence-electron chi connectivity index (χ2n) is 2.29. The van der Waals surface area contributed by atoms with Crippen LogP contribution in [-0.4, -0.2) is 46.9 Å². The number of thioether (sulfide) groups is 1. The maximum Gasteiger partial charge on any atom is 0.410 e. The van der Waals surface area contributed by atoms with Crippen molar-refractivity contribution in [1.82, 2.24) is 4.90 Å². The Bertz CT molecular complexity index is 208. The van der Waals surface area contributed by atoms with E-state index in [0.717, 1.165) is 0 Å². The number of carboxylic acid groups (broad SMARTS) is 1. The Morgan fingerprint density at radius 2 is 2.33 bits per heavy atom. The van der Waals surface area contributed by atoms with Crippen molar-refractivity contribution in [2.75, 3.05) is 18.7 Å². The molecule has 1 rings (SSSR count). The minimum Gasteiger partial charge on any atom is -0.480 e. The molecular weight excluding hydrogens is 182 g/mol. The van der Waals surface area contributed by atoms with E-state index in [1.54, 1.807) is 0 Å². The number of nitrogens with zero attached hydrogens (tertiary/aromatic N) is 1. The van der Waals surface area contributed by atoms with E-state index in [9.17, 15) is 9.59 Å². The Kier molecular flexibility index (Phi) is 2.80. The molecule has 1 N–H and O–H groups in total. The number of hydrogen-bond donors (Lipinski definition) is 1. The van der Waals surface area contributed by atoms with Crippen molar-refractivity contribution in [3.8, 4) is 0 Å². The first-order valence-corrected chi connectivity index (χ1v) is 4.47. The van der Waals surface area contributed by atoms with Gasteiger partial charge in [-0.25, -0.2) is 9.59 Å². The summed E-state index contributed by atoms with van der Waals surface area (Å²) in [4.78, 5) is 22.7. The summed E-state index contributed by atoms with van der Waals surface area (Å²) in [7, 11) is 1.24. The first-order chi connectivity index (χ1) is 5.66. The molecule has 1 heterocycles. The number of amides is 1. The molecular formula is C6H9NO4S. The predicted molar refractivity (Wildman–Crippen MR) is 43.0 cm³/mol. The number of hydrogen-bond acceptors (Lipinski definition) is 4. The van der Waals surface area contributed by atoms with Crippen LogP contribution in [0, 0.1) is 0 Å². The van der Waals surface area contributed by atoms with E-state index >= 15 is 0 Å². The molecule has 1 aliphatic rings. The van der Waals surface area contributed by atoms with Crippen molar-refractivity contribution in [1.29, 1.82) is 0 Å². The van der Waals surface area contributed by atoms with Gasteiger partial charge < -0.3 is 9.84 Å². The molecule has 1 atom stereocenters. The molecule has 0 bridgehead atoms. The van der Waals surface area contributed by atoms with E-state index < -0.39 is 18.1 Å². The molecule has 1 aliphatic heterocycles. The molecule has 0 saturated carbocycles. The summed E-state index contributed by atoms with van der Waals surface area (Å²) in [5.74, 6) is -0.154. The topological polar surface area (TPSA) is 66.8 Å². The van der Waals surface area contributed by atoms with Crippen LogP contribution in [-0.2, 0) is 9.53 Å². The third-order valence-corrected chi connectivity index (χ3v) is 2.59. The molecule has 5 nitrogen and oxygen atoms in total. The zero-order chi connectivity index (χ0) is 9.14. The van der Waals surface area contributed by atoms with Gasteiger partial charge in [-0.15, -0.1) is 11.8 Å². The number of carboxylic acids is 1. The standard InChI is InChI=1S/C6H9NO4S/c1-11-6(10)7-3-12-2-4(7)5(8)9/h4H,2-3H2,1H3,(H,8,9)/t4-/m0/s1. The van der Waals surface area contributed by atoms with E-state index in [2.05, 4.69) is 4.74 Å². The molecule has 12 heavy (non-hydrogen) atoms. The average molecular weight is 191 g/mol. The Hall–Kier alpha value is -0.910. The van der Waals surface area contributed by atoms with Crippen LogP contribution in [0.25, 0.3) is 0 Å². The molecule has 6 heteroatoms. The van der Waals surface area contributed by atoms with Gasteiger partial charge in [-0.05, 0) is 0 Å². The van der Waals surface area contributed by atoms with E-state index in [4.69, 9.17) is 5.11 Å². The minimum absolute atomic E-state index is 0.393. The monoisotopic (exact) mass is 191 g/mol. The van der Waals surface area contributed by atoms with Gasteiger partial charge in [-0.3, -0.25) is 4.90 Å². The van der Waals surface area contributed by atoms with Crippen LogP contribution >= 0.6 is 11.8 Å². The largest absolute Gasteiger partial charge is 0.480 e. The summed E-state index contributed by atoms with van der Waals surface area (Å²) in [6.07, 6.45) is -0.576. The number of methoxy groups -OCH3 is 1. The fourth-order valence-electron chi connectivity index (χ4n) is 0.944. The lowest BCUT2D eigenvalue weighted by Crippen LogP contribution is -2.41. The summed E-state index contributed by atoms with van der Waals surface area (Å²) in [6.45, 7) is 0. The van der Waals surface area contributed by atoms with E-state index in [1.807, 2.05) is 0 Å². The molecule has 0 spiro atoms. The van der Waals surface area contributed by atoms with Crippen LogP contribution in [0.15, 0.2) is 0 Å². The lowest BCUT2D eigenvalue weighted by atomic mass is 10.3. The van der Waals surface area contributed by atoms with Crippen LogP contribution in [0.5, 0.6) is 0 Å². The van der Waals surface area contributed by atoms with Gasteiger partial charge >= 0.3 is 12.1 Å². The fourth-order valence-corrected chi connectivity index (χ4v) is 2.08. The van der Waals surface area contributed by atoms with Crippen molar-refractivity contribution < 1.29 is 19.4 Å². The third kappa shape index (κ3) is 1.63. The SMILES string of the molecule is COC(=O)N1CSC[C@H]1C(=O)O. The van der Waals surface area contributed by atoms with Crippen molar-refractivity contribution in [2.24, 2.45) is 0 Å². The van der Waals surface area contributed by atoms with Gasteiger partial charge in [0.15, 0.2) is 0 Å². The highest BCUT2D eigenvalue weighted by molar-refractivity contribution is 7.99. The van der Waals surface area contributed by atoms with Crippen LogP contribution in [0.3, 0.4) is 0 Å². The Morgan fingerprint density at radius 3 is 2.83 bits per heavy atom. The van der Waals surface area contributed by atoms with E-state index in [0.29, 0.717) is 11.6 Å². The first kappa shape index (κ1) is 9.18. The average Bonchev–Trinajstić information content (AvgIpc) is 2.50. The van der Waals surface area contributed by atoms with Crippen molar-refractivity contribution in [3.63, 3.8) is 0 Å². The Labute approximate surface area is 73.7 Å². The summed E-state index contributed by atoms with van der Waals surface area (Å²) in [5, 5.41) is 8.67. The first-order valence-electron chi connectivity index (χ1n) is 3.32. The number of carbonyl (C=O) groups is 2. The highest BCUT2D eigenvalue weighted by Gasteiger charge is 2.35. The van der Waals surface area contributed by atoms with Crippen LogP contribution in [0.2, 0.25) is 0 Å². The molecule has 0 aromatic heterocycles. The number of aliphatic carboxylic acids is 1. The minimum atomic E-state index is -0.981. The molecule has 68 valence electrons. The third-order valence-electron chi connectivity index (χ3n) is 1.58. The van der Waals surface area contributed by atoms with E-state index in [1.165, 1.54) is 23.8 Å². The summed E-state index contributed by atoms with van der Waals surface area (Å²) < 4.78 is 4.42. The summed E-state index contributed by atoms with van der Waals surface area (Å²) in [5.41, 5.74) is 0. The summed E-state index contributed by atoms with van der Waals surface area (Å²) >= 11 is 1.41. The smallest absolute Gasteiger partial charge is 0.410 e. The zero-order valence-corrected chi connectivity index (χ0v) is 7.34. The molecule has 0 radical (unpaired) electrons. The number of rotatable bonds is 1. The quantitative estimate of drug-likeness (QED) is 0.641. The second kappa shape index (κ2) is 3.66. The zero-order valence-electron chi connectivity index (χ0n) is 6.52. The van der Waals surface area contributed by atoms with Gasteiger partial charge in [0.05, 0.1) is 13.0 Å². The van der Waals surface area contributed by atoms with Crippen molar-refractivity contribution in [2.45, 2.75) is 6.04 Å². The van der Waals surface area contributed by atoms with Crippen LogP contribution in [0.1, 0.15) is 0 Å². The highest BCUT2D eigenvalue weighted by Crippen LogP contribution is 2.21. The Morgan fingerprint density at radius 1 is 1.67 bits per heavy atom. The molecule has 0 unspecified atom stereocenters. The molecule has 0 aromatic carbocycles. The fraction of sp³-hybridized carbons (Fsp3) is 0.667. The Balaban J connectivity index is 2.63. The van der Waals surface area contributed by atoms with Gasteiger partial charge in [0.1, 0.15) is 6.04 Å². The van der Waals surface area contributed by atoms with Gasteiger partial charge in [0.2, 0.25) is 0 Å². The van der Waals surface area contributed by atoms with Gasteiger partial charge in [0, 0.05) is 5.75 Å². The molecule has 1 saturated heterocycles. The maximum atomic E-state index is 11.0. The lowest BCUT2D eigenvalue weighted by molar-refractivity contribution is -0.141. The van der Waals surface area contributed by atoms with Crippen LogP contribution in [0.4, 0.5) is 4.79 Å². The highest BCUT2D eigenvalue weighted by atomic mass is 32.2. The molecule has 0 aliphatic carbocycles. The molecule has 1 amide bonds. The normalized spacial score (nSPS) is 22.4. The van der Waals surface area contributed by atoms with Gasteiger partial charge in [-0.2, -0.15) is 0 Å².